The average molecular weight is 1010 g/mol. The molecule has 4 aliphatic heterocycles. The Morgan fingerprint density at radius 2 is 0.587 bits per heavy atom. The fourth-order valence-electron chi connectivity index (χ4n) is 9.53. The Kier molecular flexibility index (Phi) is 21.1. The molecule has 6 aromatic rings. The van der Waals surface area contributed by atoms with Crippen LogP contribution in [0.1, 0.15) is 91.6 Å². The Bertz CT molecular complexity index is 2470. The molecule has 0 aromatic heterocycles. The third-order valence-corrected chi connectivity index (χ3v) is 13.9. The highest BCUT2D eigenvalue weighted by molar-refractivity contribution is 5.88. The predicted octanol–water partition coefficient (Wildman–Crippen LogP) is 12.9. The first kappa shape index (κ1) is 55.6. The number of rotatable bonds is 9. The van der Waals surface area contributed by atoms with Crippen LogP contribution in [0.2, 0.25) is 0 Å². The van der Waals surface area contributed by atoms with Gasteiger partial charge in [-0.2, -0.15) is 0 Å². The van der Waals surface area contributed by atoms with Crippen molar-refractivity contribution in [2.45, 2.75) is 98.9 Å². The van der Waals surface area contributed by atoms with Crippen LogP contribution in [-0.4, -0.2) is 70.6 Å². The number of hydrogen-bond donors (Lipinski definition) is 0. The van der Waals surface area contributed by atoms with Gasteiger partial charge >= 0.3 is 17.9 Å². The number of benzene rings is 6. The molecule has 0 spiro atoms. The summed E-state index contributed by atoms with van der Waals surface area (Å²) in [6.45, 7) is 17.6. The monoisotopic (exact) mass is 1010 g/mol. The predicted molar refractivity (Wildman–Crippen MR) is 302 cm³/mol. The molecule has 0 saturated heterocycles. The van der Waals surface area contributed by atoms with Crippen molar-refractivity contribution in [3.8, 4) is 0 Å². The van der Waals surface area contributed by atoms with Crippen LogP contribution in [0.5, 0.6) is 0 Å². The van der Waals surface area contributed by atoms with Crippen LogP contribution in [0.3, 0.4) is 0 Å². The van der Waals surface area contributed by atoms with Gasteiger partial charge in [-0.15, -0.1) is 0 Å². The number of hydrogen-bond acceptors (Lipinski definition) is 9. The van der Waals surface area contributed by atoms with Gasteiger partial charge in [-0.25, -0.2) is 14.4 Å². The van der Waals surface area contributed by atoms with Crippen molar-refractivity contribution in [3.05, 3.63) is 232 Å². The number of carbonyl (C=O) groups excluding carboxylic acids is 3. The summed E-state index contributed by atoms with van der Waals surface area (Å²) in [5.41, 5.74) is 9.46. The van der Waals surface area contributed by atoms with E-state index in [0.29, 0.717) is 39.3 Å². The molecule has 0 aliphatic carbocycles. The van der Waals surface area contributed by atoms with Crippen LogP contribution in [0, 0.1) is 17.8 Å². The quantitative estimate of drug-likeness (QED) is 0.104. The summed E-state index contributed by atoms with van der Waals surface area (Å²) in [7, 11) is 0. The molecule has 6 aromatic carbocycles. The summed E-state index contributed by atoms with van der Waals surface area (Å²) in [4.78, 5) is 47.2. The highest BCUT2D eigenvalue weighted by Gasteiger charge is 2.27. The van der Waals surface area contributed by atoms with E-state index in [1.165, 1.54) is 34.9 Å². The third-order valence-electron chi connectivity index (χ3n) is 13.9. The second kappa shape index (κ2) is 28.5. The van der Waals surface area contributed by atoms with E-state index in [0.717, 1.165) is 33.4 Å². The molecular formula is C66H75N3O6. The standard InChI is InChI=1S/C66H75N3O6/c1-49(2)61-46-73-64(70)37-34-53-24-30-59(31-25-53)44-68(41-56-18-12-8-13-19-56)63(51(5)6)48-75-66(72)39-36-54-26-32-60(33-27-54)45-69(42-57-20-14-9-15-21-57)62(50(3)4)47-74-65(71)38-35-52-22-28-58(29-23-52)43-67(61)40-55-16-10-7-11-17-55/h7-39,49-51,61-63H,40-48H2,1-6H3/b37-34-,38-35-,39-36-/t61-,62-,63-/m1/s1. The molecule has 6 bridgehead atoms. The smallest absolute Gasteiger partial charge is 0.330 e. The molecule has 4 aliphatic rings. The molecule has 0 saturated carbocycles. The zero-order valence-electron chi connectivity index (χ0n) is 44.7. The van der Waals surface area contributed by atoms with Gasteiger partial charge < -0.3 is 14.2 Å². The fourth-order valence-corrected chi connectivity index (χ4v) is 9.53. The van der Waals surface area contributed by atoms with E-state index in [1.807, 2.05) is 91.0 Å². The van der Waals surface area contributed by atoms with Crippen molar-refractivity contribution in [2.75, 3.05) is 19.8 Å². The molecule has 9 heteroatoms. The van der Waals surface area contributed by atoms with E-state index < -0.39 is 17.9 Å². The maximum Gasteiger partial charge on any atom is 0.330 e. The molecule has 75 heavy (non-hydrogen) atoms. The van der Waals surface area contributed by atoms with E-state index in [1.54, 1.807) is 18.2 Å². The summed E-state index contributed by atoms with van der Waals surface area (Å²) in [6.07, 6.45) is 9.90. The molecule has 0 N–H and O–H groups in total. The van der Waals surface area contributed by atoms with E-state index in [2.05, 4.69) is 129 Å². The Labute approximate surface area is 446 Å². The normalized spacial score (nSPS) is 20.0. The molecule has 9 nitrogen and oxygen atoms in total. The Hall–Kier alpha value is -7.17. The van der Waals surface area contributed by atoms with E-state index in [9.17, 15) is 14.4 Å². The number of fused-ring (bicyclic) bond motifs is 3. The van der Waals surface area contributed by atoms with E-state index in [4.69, 9.17) is 14.2 Å². The lowest BCUT2D eigenvalue weighted by Gasteiger charge is -2.34. The lowest BCUT2D eigenvalue weighted by molar-refractivity contribution is -0.141. The maximum absolute atomic E-state index is 13.4. The molecule has 10 rings (SSSR count). The average Bonchev–Trinajstić information content (AvgIpc) is 3.40. The topological polar surface area (TPSA) is 88.6 Å². The van der Waals surface area contributed by atoms with Gasteiger partial charge in [0.25, 0.3) is 0 Å². The van der Waals surface area contributed by atoms with Crippen LogP contribution in [0.25, 0.3) is 18.2 Å². The Morgan fingerprint density at radius 3 is 0.813 bits per heavy atom. The second-order valence-corrected chi connectivity index (χ2v) is 20.7. The van der Waals surface area contributed by atoms with E-state index in [-0.39, 0.29) is 55.7 Å². The number of nitrogens with zero attached hydrogens (tertiary/aromatic N) is 3. The van der Waals surface area contributed by atoms with Crippen LogP contribution >= 0.6 is 0 Å². The minimum Gasteiger partial charge on any atom is -0.461 e. The minimum atomic E-state index is -0.400. The molecule has 390 valence electrons. The highest BCUT2D eigenvalue weighted by Crippen LogP contribution is 2.24. The van der Waals surface area contributed by atoms with Gasteiger partial charge in [-0.3, -0.25) is 14.7 Å². The highest BCUT2D eigenvalue weighted by atomic mass is 16.5. The van der Waals surface area contributed by atoms with Crippen molar-refractivity contribution in [3.63, 3.8) is 0 Å². The van der Waals surface area contributed by atoms with Crippen molar-refractivity contribution in [1.29, 1.82) is 0 Å². The van der Waals surface area contributed by atoms with Crippen molar-refractivity contribution in [1.82, 2.24) is 14.7 Å². The molecule has 4 heterocycles. The molecule has 0 radical (unpaired) electrons. The summed E-state index contributed by atoms with van der Waals surface area (Å²) in [5.74, 6) is -0.659. The molecular weight excluding hydrogens is 931 g/mol. The first-order valence-electron chi connectivity index (χ1n) is 26.5. The first-order valence-corrected chi connectivity index (χ1v) is 26.5. The summed E-state index contributed by atoms with van der Waals surface area (Å²) in [6, 6.07) is 55.5. The van der Waals surface area contributed by atoms with Crippen LogP contribution in [-0.2, 0) is 67.9 Å². The zero-order chi connectivity index (χ0) is 52.9. The summed E-state index contributed by atoms with van der Waals surface area (Å²) in [5, 5.41) is 0. The zero-order valence-corrected chi connectivity index (χ0v) is 44.7. The molecule has 0 amide bonds. The third kappa shape index (κ3) is 18.0. The first-order chi connectivity index (χ1) is 36.3. The lowest BCUT2D eigenvalue weighted by atomic mass is 10.0. The van der Waals surface area contributed by atoms with E-state index >= 15 is 0 Å². The number of carbonyl (C=O) groups is 3. The number of ether oxygens (including phenoxy) is 3. The SMILES string of the molecule is CC(C)[C@H]1COC(=O)/C=C\c2ccc(cc2)CN(Cc2ccccc2)[C@@H](C(C)C)COC(=O)/C=C\c2ccc(cc2)CN(Cc2ccccc2)[C@@H](C(C)C)COC(=O)/C=C\c2ccc(cc2)CN1Cc1ccccc1. The van der Waals surface area contributed by atoms with Gasteiger partial charge in [-0.05, 0) is 86.1 Å². The maximum atomic E-state index is 13.4. The van der Waals surface area contributed by atoms with Crippen molar-refractivity contribution in [2.24, 2.45) is 17.8 Å². The number of esters is 3. The molecule has 3 atom stereocenters. The van der Waals surface area contributed by atoms with Crippen LogP contribution in [0.4, 0.5) is 0 Å². The van der Waals surface area contributed by atoms with Crippen LogP contribution < -0.4 is 0 Å². The molecule has 0 unspecified atom stereocenters. The molecule has 0 fully saturated rings. The summed E-state index contributed by atoms with van der Waals surface area (Å²) < 4.78 is 18.0. The van der Waals surface area contributed by atoms with Gasteiger partial charge in [-0.1, -0.05) is 205 Å². The van der Waals surface area contributed by atoms with Crippen molar-refractivity contribution < 1.29 is 28.6 Å². The van der Waals surface area contributed by atoms with Gasteiger partial charge in [0.05, 0.1) is 0 Å². The van der Waals surface area contributed by atoms with Gasteiger partial charge in [0.15, 0.2) is 0 Å². The fraction of sp³-hybridized carbons (Fsp3) is 0.318. The van der Waals surface area contributed by atoms with Crippen molar-refractivity contribution >= 4 is 36.1 Å². The Morgan fingerprint density at radius 1 is 0.347 bits per heavy atom. The largest absolute Gasteiger partial charge is 0.461 e. The Balaban J connectivity index is 1.16. The summed E-state index contributed by atoms with van der Waals surface area (Å²) >= 11 is 0. The minimum absolute atomic E-state index is 0.0692. The van der Waals surface area contributed by atoms with Gasteiger partial charge in [0.2, 0.25) is 0 Å². The van der Waals surface area contributed by atoms with Gasteiger partial charge in [0.1, 0.15) is 19.8 Å². The second-order valence-electron chi connectivity index (χ2n) is 20.7. The van der Waals surface area contributed by atoms with Crippen LogP contribution in [0.15, 0.2) is 182 Å². The lowest BCUT2D eigenvalue weighted by Crippen LogP contribution is -2.42. The van der Waals surface area contributed by atoms with Gasteiger partial charge in [0, 0.05) is 75.6 Å².